The lowest BCUT2D eigenvalue weighted by Gasteiger charge is -2.29. The zero-order chi connectivity index (χ0) is 16.8. The van der Waals surface area contributed by atoms with Crippen molar-refractivity contribution in [2.24, 2.45) is 11.1 Å². The lowest BCUT2D eigenvalue weighted by atomic mass is 9.93. The van der Waals surface area contributed by atoms with Gasteiger partial charge in [0.25, 0.3) is 0 Å². The standard InChI is InChI=1S/C16H25BrN2O2S.ClH/c1-16(2,11-18)12-19(3)15(20)5-4-10-22(21)14-8-6-13(17)7-9-14;/h6-9H,4-5,10-12,18H2,1-3H3;1H. The maximum Gasteiger partial charge on any atom is 0.222 e. The summed E-state index contributed by atoms with van der Waals surface area (Å²) in [5, 5.41) is 0. The van der Waals surface area contributed by atoms with Crippen molar-refractivity contribution in [3.63, 3.8) is 0 Å². The second-order valence-corrected chi connectivity index (χ2v) is 8.71. The molecule has 1 unspecified atom stereocenters. The van der Waals surface area contributed by atoms with Crippen LogP contribution in [0, 0.1) is 5.41 Å². The number of halogens is 2. The predicted molar refractivity (Wildman–Crippen MR) is 102 cm³/mol. The van der Waals surface area contributed by atoms with Crippen molar-refractivity contribution in [2.45, 2.75) is 31.6 Å². The fraction of sp³-hybridized carbons (Fsp3) is 0.562. The van der Waals surface area contributed by atoms with Gasteiger partial charge in [0.05, 0.1) is 10.8 Å². The van der Waals surface area contributed by atoms with E-state index in [0.717, 1.165) is 9.37 Å². The van der Waals surface area contributed by atoms with E-state index in [0.29, 0.717) is 31.7 Å². The second kappa shape index (κ2) is 10.4. The summed E-state index contributed by atoms with van der Waals surface area (Å²) in [6, 6.07) is 7.44. The van der Waals surface area contributed by atoms with Crippen LogP contribution in [0.2, 0.25) is 0 Å². The van der Waals surface area contributed by atoms with Crippen LogP contribution in [0.5, 0.6) is 0 Å². The number of benzene rings is 1. The first kappa shape index (κ1) is 22.6. The van der Waals surface area contributed by atoms with Gasteiger partial charge in [0.1, 0.15) is 0 Å². The average Bonchev–Trinajstić information content (AvgIpc) is 2.47. The zero-order valence-electron chi connectivity index (χ0n) is 13.9. The van der Waals surface area contributed by atoms with Gasteiger partial charge in [-0.05, 0) is 42.6 Å². The molecule has 1 aromatic rings. The van der Waals surface area contributed by atoms with E-state index >= 15 is 0 Å². The minimum atomic E-state index is -1.05. The summed E-state index contributed by atoms with van der Waals surface area (Å²) in [6.45, 7) is 5.26. The SMILES string of the molecule is CN(CC(C)(C)CN)C(=O)CCCS(=O)c1ccc(Br)cc1.Cl. The van der Waals surface area contributed by atoms with Gasteiger partial charge in [-0.15, -0.1) is 12.4 Å². The Morgan fingerprint density at radius 1 is 1.30 bits per heavy atom. The van der Waals surface area contributed by atoms with Gasteiger partial charge in [0, 0.05) is 35.1 Å². The molecule has 0 spiro atoms. The second-order valence-electron chi connectivity index (χ2n) is 6.23. The highest BCUT2D eigenvalue weighted by molar-refractivity contribution is 9.10. The topological polar surface area (TPSA) is 63.4 Å². The third kappa shape index (κ3) is 8.29. The lowest BCUT2D eigenvalue weighted by Crippen LogP contribution is -2.39. The smallest absolute Gasteiger partial charge is 0.222 e. The van der Waals surface area contributed by atoms with Crippen LogP contribution in [-0.4, -0.2) is 40.9 Å². The Kier molecular flexibility index (Phi) is 10.2. The number of hydrogen-bond donors (Lipinski definition) is 1. The highest BCUT2D eigenvalue weighted by atomic mass is 79.9. The Morgan fingerprint density at radius 2 is 1.87 bits per heavy atom. The van der Waals surface area contributed by atoms with Crippen LogP contribution in [0.25, 0.3) is 0 Å². The normalized spacial score (nSPS) is 12.4. The summed E-state index contributed by atoms with van der Waals surface area (Å²) in [5.41, 5.74) is 5.61. The monoisotopic (exact) mass is 424 g/mol. The molecule has 0 heterocycles. The van der Waals surface area contributed by atoms with E-state index in [4.69, 9.17) is 5.73 Å². The largest absolute Gasteiger partial charge is 0.345 e. The van der Waals surface area contributed by atoms with Gasteiger partial charge in [-0.2, -0.15) is 0 Å². The molecule has 4 nitrogen and oxygen atoms in total. The molecular formula is C16H26BrClN2O2S. The van der Waals surface area contributed by atoms with Gasteiger partial charge in [0.2, 0.25) is 5.91 Å². The van der Waals surface area contributed by atoms with E-state index in [2.05, 4.69) is 15.9 Å². The highest BCUT2D eigenvalue weighted by Crippen LogP contribution is 2.16. The summed E-state index contributed by atoms with van der Waals surface area (Å²) < 4.78 is 13.1. The zero-order valence-corrected chi connectivity index (χ0v) is 17.1. The molecule has 7 heteroatoms. The van der Waals surface area contributed by atoms with Crippen LogP contribution in [0.1, 0.15) is 26.7 Å². The van der Waals surface area contributed by atoms with Crippen molar-refractivity contribution >= 4 is 45.0 Å². The van der Waals surface area contributed by atoms with Crippen molar-refractivity contribution in [1.82, 2.24) is 4.90 Å². The van der Waals surface area contributed by atoms with Crippen LogP contribution >= 0.6 is 28.3 Å². The maximum absolute atomic E-state index is 12.1. The number of carbonyl (C=O) groups is 1. The summed E-state index contributed by atoms with van der Waals surface area (Å²) >= 11 is 3.35. The quantitative estimate of drug-likeness (QED) is 0.695. The van der Waals surface area contributed by atoms with E-state index in [1.807, 2.05) is 38.1 Å². The van der Waals surface area contributed by atoms with Crippen LogP contribution in [0.15, 0.2) is 33.6 Å². The molecule has 0 aliphatic carbocycles. The number of carbonyl (C=O) groups excluding carboxylic acids is 1. The molecule has 1 rings (SSSR count). The Hall–Kier alpha value is -0.430. The van der Waals surface area contributed by atoms with Gasteiger partial charge >= 0.3 is 0 Å². The molecule has 0 aliphatic heterocycles. The molecule has 0 radical (unpaired) electrons. The summed E-state index contributed by atoms with van der Waals surface area (Å²) in [7, 11) is 0.744. The molecule has 0 saturated heterocycles. The number of nitrogens with two attached hydrogens (primary N) is 1. The Bertz CT molecular complexity index is 523. The number of hydrogen-bond acceptors (Lipinski definition) is 3. The van der Waals surface area contributed by atoms with Crippen molar-refractivity contribution in [2.75, 3.05) is 25.9 Å². The predicted octanol–water partition coefficient (Wildman–Crippen LogP) is 3.20. The number of amides is 1. The van der Waals surface area contributed by atoms with Gasteiger partial charge < -0.3 is 10.6 Å². The molecule has 132 valence electrons. The van der Waals surface area contributed by atoms with E-state index in [9.17, 15) is 9.00 Å². The Labute approximate surface area is 156 Å². The van der Waals surface area contributed by atoms with Crippen molar-refractivity contribution in [3.05, 3.63) is 28.7 Å². The first-order chi connectivity index (χ1) is 10.2. The summed E-state index contributed by atoms with van der Waals surface area (Å²) in [4.78, 5) is 14.6. The molecule has 1 amide bonds. The van der Waals surface area contributed by atoms with Crippen molar-refractivity contribution in [3.8, 4) is 0 Å². The third-order valence-electron chi connectivity index (χ3n) is 3.44. The molecule has 23 heavy (non-hydrogen) atoms. The molecule has 0 aliphatic rings. The Balaban J connectivity index is 0.00000484. The maximum atomic E-state index is 12.1. The van der Waals surface area contributed by atoms with Crippen LogP contribution in [0.4, 0.5) is 0 Å². The average molecular weight is 426 g/mol. The molecule has 0 bridgehead atoms. The van der Waals surface area contributed by atoms with Gasteiger partial charge in [-0.3, -0.25) is 9.00 Å². The van der Waals surface area contributed by atoms with E-state index in [1.165, 1.54) is 0 Å². The van der Waals surface area contributed by atoms with Crippen LogP contribution < -0.4 is 5.73 Å². The Morgan fingerprint density at radius 3 is 2.39 bits per heavy atom. The van der Waals surface area contributed by atoms with Crippen LogP contribution in [0.3, 0.4) is 0 Å². The number of nitrogens with zero attached hydrogens (tertiary/aromatic N) is 1. The first-order valence-electron chi connectivity index (χ1n) is 7.33. The summed E-state index contributed by atoms with van der Waals surface area (Å²) in [6.07, 6.45) is 1.04. The molecule has 1 atom stereocenters. The minimum Gasteiger partial charge on any atom is -0.345 e. The first-order valence-corrected chi connectivity index (χ1v) is 9.44. The van der Waals surface area contributed by atoms with Gasteiger partial charge in [-0.25, -0.2) is 0 Å². The minimum absolute atomic E-state index is 0. The van der Waals surface area contributed by atoms with E-state index in [1.54, 1.807) is 11.9 Å². The molecule has 0 saturated carbocycles. The molecule has 1 aromatic carbocycles. The lowest BCUT2D eigenvalue weighted by molar-refractivity contribution is -0.131. The fourth-order valence-electron chi connectivity index (χ4n) is 2.04. The molecule has 0 fully saturated rings. The molecule has 2 N–H and O–H groups in total. The van der Waals surface area contributed by atoms with Crippen molar-refractivity contribution < 1.29 is 9.00 Å². The van der Waals surface area contributed by atoms with Crippen LogP contribution in [-0.2, 0) is 15.6 Å². The third-order valence-corrected chi connectivity index (χ3v) is 5.43. The van der Waals surface area contributed by atoms with Crippen molar-refractivity contribution in [1.29, 1.82) is 0 Å². The van der Waals surface area contributed by atoms with Gasteiger partial charge in [-0.1, -0.05) is 29.8 Å². The fourth-order valence-corrected chi connectivity index (χ4v) is 3.39. The summed E-state index contributed by atoms with van der Waals surface area (Å²) in [5.74, 6) is 0.580. The molecule has 0 aromatic heterocycles. The number of rotatable bonds is 8. The van der Waals surface area contributed by atoms with Gasteiger partial charge in [0.15, 0.2) is 0 Å². The molecular weight excluding hydrogens is 400 g/mol. The van der Waals surface area contributed by atoms with E-state index in [-0.39, 0.29) is 23.7 Å². The van der Waals surface area contributed by atoms with E-state index < -0.39 is 10.8 Å². The highest BCUT2D eigenvalue weighted by Gasteiger charge is 2.20.